The number of fused-ring (bicyclic) bond motifs is 1. The second-order valence-electron chi connectivity index (χ2n) is 7.12. The predicted molar refractivity (Wildman–Crippen MR) is 95.3 cm³/mol. The van der Waals surface area contributed by atoms with E-state index in [1.165, 1.54) is 0 Å². The second-order valence-corrected chi connectivity index (χ2v) is 7.12. The molecule has 1 fully saturated rings. The van der Waals surface area contributed by atoms with Crippen molar-refractivity contribution in [2.24, 2.45) is 0 Å². The minimum absolute atomic E-state index is 0.136. The van der Waals surface area contributed by atoms with Gasteiger partial charge in [-0.25, -0.2) is 4.68 Å². The van der Waals surface area contributed by atoms with Crippen molar-refractivity contribution in [2.75, 3.05) is 0 Å². The molecule has 0 aliphatic heterocycles. The van der Waals surface area contributed by atoms with E-state index in [0.717, 1.165) is 54.6 Å². The smallest absolute Gasteiger partial charge is 0.290 e. The number of nitrogens with one attached hydrogen (secondary N) is 1. The fourth-order valence-electron chi connectivity index (χ4n) is 3.78. The summed E-state index contributed by atoms with van der Waals surface area (Å²) in [7, 11) is 0. The lowest BCUT2D eigenvalue weighted by atomic mass is 9.96. The Bertz CT molecular complexity index is 944. The van der Waals surface area contributed by atoms with Crippen LogP contribution in [0.15, 0.2) is 47.2 Å². The Hall–Kier alpha value is -2.89. The lowest BCUT2D eigenvalue weighted by Gasteiger charge is -2.09. The number of amides is 1. The third kappa shape index (κ3) is 2.71. The first-order valence-corrected chi connectivity index (χ1v) is 9.18. The van der Waals surface area contributed by atoms with Crippen molar-refractivity contribution in [1.29, 1.82) is 0 Å². The van der Waals surface area contributed by atoms with Crippen molar-refractivity contribution in [3.05, 3.63) is 65.3 Å². The molecule has 26 heavy (non-hydrogen) atoms. The van der Waals surface area contributed by atoms with Gasteiger partial charge >= 0.3 is 0 Å². The molecule has 2 aliphatic rings. The highest BCUT2D eigenvalue weighted by atomic mass is 16.5. The second kappa shape index (κ2) is 6.12. The summed E-state index contributed by atoms with van der Waals surface area (Å²) in [5.41, 5.74) is 4.15. The third-order valence-corrected chi connectivity index (χ3v) is 5.32. The number of aromatic nitrogens is 3. The normalized spacial score (nSPS) is 21.2. The Kier molecular flexibility index (Phi) is 3.62. The van der Waals surface area contributed by atoms with E-state index in [-0.39, 0.29) is 11.9 Å². The van der Waals surface area contributed by atoms with E-state index in [1.807, 2.05) is 47.4 Å². The van der Waals surface area contributed by atoms with Crippen molar-refractivity contribution in [2.45, 2.75) is 44.1 Å². The van der Waals surface area contributed by atoms with Gasteiger partial charge in [-0.05, 0) is 49.8 Å². The summed E-state index contributed by atoms with van der Waals surface area (Å²) in [5.74, 6) is 0.587. The molecule has 2 atom stereocenters. The van der Waals surface area contributed by atoms with Crippen LogP contribution in [-0.2, 0) is 12.8 Å². The van der Waals surface area contributed by atoms with Gasteiger partial charge in [-0.1, -0.05) is 23.4 Å². The summed E-state index contributed by atoms with van der Waals surface area (Å²) < 4.78 is 7.21. The van der Waals surface area contributed by atoms with Crippen LogP contribution < -0.4 is 5.32 Å². The number of carbonyl (C=O) groups is 1. The molecule has 6 heteroatoms. The number of benzene rings is 1. The molecule has 0 spiro atoms. The van der Waals surface area contributed by atoms with Crippen LogP contribution in [0.3, 0.4) is 0 Å². The predicted octanol–water partition coefficient (Wildman–Crippen LogP) is 3.03. The van der Waals surface area contributed by atoms with E-state index in [0.29, 0.717) is 11.7 Å². The Morgan fingerprint density at radius 1 is 1.19 bits per heavy atom. The number of carbonyl (C=O) groups excluding carboxylic acids is 1. The molecule has 2 heterocycles. The zero-order valence-electron chi connectivity index (χ0n) is 14.4. The molecule has 1 N–H and O–H groups in total. The van der Waals surface area contributed by atoms with Gasteiger partial charge in [0.05, 0.1) is 17.6 Å². The summed E-state index contributed by atoms with van der Waals surface area (Å²) in [4.78, 5) is 12.6. The van der Waals surface area contributed by atoms with Gasteiger partial charge in [-0.3, -0.25) is 4.79 Å². The van der Waals surface area contributed by atoms with Gasteiger partial charge in [-0.15, -0.1) is 0 Å². The van der Waals surface area contributed by atoms with E-state index in [9.17, 15) is 4.79 Å². The van der Waals surface area contributed by atoms with Gasteiger partial charge in [0.25, 0.3) is 5.91 Å². The lowest BCUT2D eigenvalue weighted by molar-refractivity contribution is 0.0912. The molecule has 132 valence electrons. The average Bonchev–Trinajstić information content (AvgIpc) is 3.11. The van der Waals surface area contributed by atoms with Gasteiger partial charge in [0.15, 0.2) is 0 Å². The molecule has 5 rings (SSSR count). The van der Waals surface area contributed by atoms with Gasteiger partial charge in [0.2, 0.25) is 5.76 Å². The van der Waals surface area contributed by atoms with Gasteiger partial charge < -0.3 is 9.84 Å². The van der Waals surface area contributed by atoms with E-state index in [2.05, 4.69) is 15.6 Å². The van der Waals surface area contributed by atoms with E-state index < -0.39 is 0 Å². The van der Waals surface area contributed by atoms with Crippen LogP contribution >= 0.6 is 0 Å². The zero-order valence-corrected chi connectivity index (χ0v) is 14.4. The number of nitrogens with zero attached hydrogens (tertiary/aromatic N) is 3. The van der Waals surface area contributed by atoms with Crippen molar-refractivity contribution in [1.82, 2.24) is 20.3 Å². The molecule has 1 aromatic carbocycles. The summed E-state index contributed by atoms with van der Waals surface area (Å²) in [6.45, 7) is 0. The first kappa shape index (κ1) is 15.4. The molecule has 2 aliphatic carbocycles. The number of para-hydroxylation sites is 1. The van der Waals surface area contributed by atoms with Crippen molar-refractivity contribution in [3.63, 3.8) is 0 Å². The zero-order chi connectivity index (χ0) is 17.5. The summed E-state index contributed by atoms with van der Waals surface area (Å²) in [5, 5.41) is 11.6. The van der Waals surface area contributed by atoms with Gasteiger partial charge in [0, 0.05) is 23.7 Å². The monoisotopic (exact) mass is 348 g/mol. The highest BCUT2D eigenvalue weighted by Crippen LogP contribution is 2.41. The maximum absolute atomic E-state index is 12.6. The molecule has 1 amide bonds. The van der Waals surface area contributed by atoms with Crippen LogP contribution in [0.5, 0.6) is 0 Å². The molecular weight excluding hydrogens is 328 g/mol. The number of aryl methyl sites for hydroxylation is 1. The van der Waals surface area contributed by atoms with Crippen LogP contribution in [0.1, 0.15) is 52.6 Å². The third-order valence-electron chi connectivity index (χ3n) is 5.32. The highest BCUT2D eigenvalue weighted by molar-refractivity contribution is 5.93. The first-order valence-electron chi connectivity index (χ1n) is 9.18. The highest BCUT2D eigenvalue weighted by Gasteiger charge is 2.41. The Balaban J connectivity index is 1.26. The fourth-order valence-corrected chi connectivity index (χ4v) is 3.78. The Morgan fingerprint density at radius 2 is 2.04 bits per heavy atom. The molecule has 3 aromatic rings. The average molecular weight is 348 g/mol. The van der Waals surface area contributed by atoms with E-state index in [4.69, 9.17) is 4.52 Å². The molecule has 0 unspecified atom stereocenters. The van der Waals surface area contributed by atoms with Crippen LogP contribution in [0.25, 0.3) is 5.69 Å². The number of rotatable bonds is 4. The molecule has 0 saturated heterocycles. The maximum atomic E-state index is 12.6. The number of hydrogen-bond donors (Lipinski definition) is 1. The topological polar surface area (TPSA) is 73.0 Å². The van der Waals surface area contributed by atoms with Crippen molar-refractivity contribution < 1.29 is 9.32 Å². The molecule has 2 aromatic heterocycles. The maximum Gasteiger partial charge on any atom is 0.290 e. The lowest BCUT2D eigenvalue weighted by Crippen LogP contribution is -2.27. The van der Waals surface area contributed by atoms with Crippen LogP contribution in [0.2, 0.25) is 0 Å². The summed E-state index contributed by atoms with van der Waals surface area (Å²) >= 11 is 0. The SMILES string of the molecule is O=C(N[C@@H]1C[C@H]1c1cnn(-c2ccccc2)c1)c1onc2c1CCCC2. The van der Waals surface area contributed by atoms with Crippen LogP contribution in [0.4, 0.5) is 0 Å². The standard InChI is InChI=1S/C20H20N4O2/c25-20(19-15-8-4-5-9-17(15)23-26-19)22-18-10-16(18)13-11-21-24(12-13)14-6-2-1-3-7-14/h1-3,6-7,11-12,16,18H,4-5,8-10H2,(H,22,25)/t16-,18+/m0/s1. The first-order chi connectivity index (χ1) is 12.8. The Morgan fingerprint density at radius 3 is 2.92 bits per heavy atom. The van der Waals surface area contributed by atoms with Crippen LogP contribution in [0, 0.1) is 0 Å². The minimum Gasteiger partial charge on any atom is -0.350 e. The van der Waals surface area contributed by atoms with E-state index >= 15 is 0 Å². The van der Waals surface area contributed by atoms with Crippen molar-refractivity contribution >= 4 is 5.91 Å². The molecule has 0 radical (unpaired) electrons. The van der Waals surface area contributed by atoms with Gasteiger partial charge in [-0.2, -0.15) is 5.10 Å². The minimum atomic E-state index is -0.136. The fraction of sp³-hybridized carbons (Fsp3) is 0.350. The quantitative estimate of drug-likeness (QED) is 0.786. The largest absolute Gasteiger partial charge is 0.350 e. The summed E-state index contributed by atoms with van der Waals surface area (Å²) in [6, 6.07) is 10.2. The van der Waals surface area contributed by atoms with Crippen molar-refractivity contribution in [3.8, 4) is 5.69 Å². The number of hydrogen-bond acceptors (Lipinski definition) is 4. The summed E-state index contributed by atoms with van der Waals surface area (Å²) in [6.07, 6.45) is 8.89. The van der Waals surface area contributed by atoms with Gasteiger partial charge in [0.1, 0.15) is 0 Å². The molecule has 0 bridgehead atoms. The van der Waals surface area contributed by atoms with Crippen LogP contribution in [-0.4, -0.2) is 26.9 Å². The Labute approximate surface area is 151 Å². The van der Waals surface area contributed by atoms with E-state index in [1.54, 1.807) is 0 Å². The molecule has 6 nitrogen and oxygen atoms in total. The molecule has 1 saturated carbocycles. The molecular formula is C20H20N4O2.